The minimum atomic E-state index is 1.19. The highest BCUT2D eigenvalue weighted by Crippen LogP contribution is 2.02. The van der Waals surface area contributed by atoms with Crippen LogP contribution in [0.1, 0.15) is 39.0 Å². The quantitative estimate of drug-likeness (QED) is 0.624. The first kappa shape index (κ1) is 9.01. The maximum atomic E-state index is 3.41. The van der Waals surface area contributed by atoms with Crippen LogP contribution in [0.5, 0.6) is 0 Å². The number of rotatable bonds is 4. The van der Waals surface area contributed by atoms with Gasteiger partial charge in [0.2, 0.25) is 0 Å². The zero-order valence-electron chi connectivity index (χ0n) is 7.60. The molecule has 2 heteroatoms. The fourth-order valence-corrected chi connectivity index (χ4v) is 1.49. The van der Waals surface area contributed by atoms with Crippen molar-refractivity contribution in [1.29, 1.82) is 0 Å². The van der Waals surface area contributed by atoms with Gasteiger partial charge in [0, 0.05) is 19.6 Å². The van der Waals surface area contributed by atoms with E-state index in [4.69, 9.17) is 0 Å². The number of unbranched alkanes of at least 4 members (excludes halogenated alkanes) is 2. The summed E-state index contributed by atoms with van der Waals surface area (Å²) in [6.07, 6.45) is 6.78. The topological polar surface area (TPSA) is 15.3 Å². The first-order valence-electron chi connectivity index (χ1n) is 4.92. The van der Waals surface area contributed by atoms with Gasteiger partial charge in [-0.2, -0.15) is 0 Å². The van der Waals surface area contributed by atoms with Crippen LogP contribution >= 0.6 is 0 Å². The van der Waals surface area contributed by atoms with Crippen molar-refractivity contribution in [2.24, 2.45) is 0 Å². The van der Waals surface area contributed by atoms with E-state index >= 15 is 0 Å². The molecule has 1 rings (SSSR count). The van der Waals surface area contributed by atoms with Crippen molar-refractivity contribution in [2.75, 3.05) is 19.6 Å². The molecule has 0 bridgehead atoms. The Hall–Kier alpha value is -0.0800. The first-order chi connectivity index (χ1) is 5.43. The summed E-state index contributed by atoms with van der Waals surface area (Å²) in [4.78, 5) is 0. The zero-order chi connectivity index (χ0) is 7.94. The summed E-state index contributed by atoms with van der Waals surface area (Å²) >= 11 is 0. The molecule has 0 aromatic heterocycles. The van der Waals surface area contributed by atoms with E-state index in [2.05, 4.69) is 17.4 Å². The molecule has 1 N–H and O–H groups in total. The second-order valence-corrected chi connectivity index (χ2v) is 3.31. The maximum Gasteiger partial charge on any atom is 0.0131 e. The van der Waals surface area contributed by atoms with Crippen LogP contribution in [-0.2, 0) is 0 Å². The molecule has 0 amide bonds. The summed E-state index contributed by atoms with van der Waals surface area (Å²) in [6, 6.07) is 0. The van der Waals surface area contributed by atoms with E-state index in [-0.39, 0.29) is 0 Å². The lowest BCUT2D eigenvalue weighted by Crippen LogP contribution is -2.43. The van der Waals surface area contributed by atoms with Crippen LogP contribution in [0.15, 0.2) is 0 Å². The van der Waals surface area contributed by atoms with Gasteiger partial charge < -0.3 is 0 Å². The SMILES string of the molecule is CCCCCN1CCCCN1. The molecule has 11 heavy (non-hydrogen) atoms. The van der Waals surface area contributed by atoms with Crippen molar-refractivity contribution in [1.82, 2.24) is 10.4 Å². The summed E-state index contributed by atoms with van der Waals surface area (Å²) < 4.78 is 0. The second-order valence-electron chi connectivity index (χ2n) is 3.31. The van der Waals surface area contributed by atoms with Gasteiger partial charge in [0.1, 0.15) is 0 Å². The molecule has 1 aliphatic rings. The van der Waals surface area contributed by atoms with Gasteiger partial charge in [0.25, 0.3) is 0 Å². The minimum Gasteiger partial charge on any atom is -0.255 e. The minimum absolute atomic E-state index is 1.19. The van der Waals surface area contributed by atoms with Crippen LogP contribution in [0.2, 0.25) is 0 Å². The molecule has 0 unspecified atom stereocenters. The molecule has 1 heterocycles. The number of nitrogens with zero attached hydrogens (tertiary/aromatic N) is 1. The average molecular weight is 156 g/mol. The van der Waals surface area contributed by atoms with Crippen LogP contribution in [-0.4, -0.2) is 24.6 Å². The summed E-state index contributed by atoms with van der Waals surface area (Å²) in [7, 11) is 0. The molecular formula is C9H20N2. The Morgan fingerprint density at radius 3 is 2.82 bits per heavy atom. The van der Waals surface area contributed by atoms with Gasteiger partial charge in [0.15, 0.2) is 0 Å². The molecule has 66 valence electrons. The number of hydrogen-bond donors (Lipinski definition) is 1. The highest BCUT2D eigenvalue weighted by molar-refractivity contribution is 4.59. The molecule has 0 saturated carbocycles. The van der Waals surface area contributed by atoms with Crippen molar-refractivity contribution in [2.45, 2.75) is 39.0 Å². The standard InChI is InChI=1S/C9H20N2/c1-2-3-5-8-11-9-6-4-7-10-11/h10H,2-9H2,1H3. The summed E-state index contributed by atoms with van der Waals surface area (Å²) in [5.41, 5.74) is 3.41. The van der Waals surface area contributed by atoms with Gasteiger partial charge in [-0.15, -0.1) is 0 Å². The monoisotopic (exact) mass is 156 g/mol. The van der Waals surface area contributed by atoms with Crippen molar-refractivity contribution in [3.05, 3.63) is 0 Å². The highest BCUT2D eigenvalue weighted by Gasteiger charge is 2.07. The molecule has 0 atom stereocenters. The van der Waals surface area contributed by atoms with Crippen LogP contribution < -0.4 is 5.43 Å². The van der Waals surface area contributed by atoms with Crippen molar-refractivity contribution in [3.63, 3.8) is 0 Å². The predicted octanol–water partition coefficient (Wildman–Crippen LogP) is 1.78. The van der Waals surface area contributed by atoms with Gasteiger partial charge in [-0.25, -0.2) is 5.01 Å². The van der Waals surface area contributed by atoms with E-state index in [0.717, 1.165) is 0 Å². The number of hydrazine groups is 1. The van der Waals surface area contributed by atoms with E-state index in [1.54, 1.807) is 0 Å². The Labute approximate surface area is 69.9 Å². The van der Waals surface area contributed by atoms with Gasteiger partial charge >= 0.3 is 0 Å². The number of hydrogen-bond acceptors (Lipinski definition) is 2. The lowest BCUT2D eigenvalue weighted by molar-refractivity contribution is 0.150. The molecule has 0 aliphatic carbocycles. The Morgan fingerprint density at radius 1 is 1.27 bits per heavy atom. The molecule has 1 saturated heterocycles. The van der Waals surface area contributed by atoms with E-state index in [1.165, 1.54) is 51.7 Å². The average Bonchev–Trinajstić information content (AvgIpc) is 2.07. The normalized spacial score (nSPS) is 20.5. The molecule has 0 radical (unpaired) electrons. The largest absolute Gasteiger partial charge is 0.255 e. The smallest absolute Gasteiger partial charge is 0.0131 e. The molecule has 2 nitrogen and oxygen atoms in total. The predicted molar refractivity (Wildman–Crippen MR) is 48.3 cm³/mol. The third-order valence-electron chi connectivity index (χ3n) is 2.22. The molecular weight excluding hydrogens is 136 g/mol. The second kappa shape index (κ2) is 5.56. The van der Waals surface area contributed by atoms with Crippen LogP contribution in [0, 0.1) is 0 Å². The third kappa shape index (κ3) is 3.73. The highest BCUT2D eigenvalue weighted by atomic mass is 15.5. The van der Waals surface area contributed by atoms with E-state index in [9.17, 15) is 0 Å². The Morgan fingerprint density at radius 2 is 2.18 bits per heavy atom. The van der Waals surface area contributed by atoms with Crippen molar-refractivity contribution >= 4 is 0 Å². The fraction of sp³-hybridized carbons (Fsp3) is 1.00. The summed E-state index contributed by atoms with van der Waals surface area (Å²) in [5, 5.41) is 2.37. The van der Waals surface area contributed by atoms with E-state index < -0.39 is 0 Å². The van der Waals surface area contributed by atoms with Crippen LogP contribution in [0.25, 0.3) is 0 Å². The fourth-order valence-electron chi connectivity index (χ4n) is 1.49. The third-order valence-corrected chi connectivity index (χ3v) is 2.22. The Bertz CT molecular complexity index is 87.6. The molecule has 1 aliphatic heterocycles. The molecule has 1 fully saturated rings. The number of nitrogens with one attached hydrogen (secondary N) is 1. The van der Waals surface area contributed by atoms with Crippen molar-refractivity contribution in [3.8, 4) is 0 Å². The van der Waals surface area contributed by atoms with Gasteiger partial charge in [-0.05, 0) is 19.3 Å². The zero-order valence-corrected chi connectivity index (χ0v) is 7.60. The summed E-state index contributed by atoms with van der Waals surface area (Å²) in [6.45, 7) is 5.94. The van der Waals surface area contributed by atoms with Crippen LogP contribution in [0.3, 0.4) is 0 Å². The molecule has 0 spiro atoms. The summed E-state index contributed by atoms with van der Waals surface area (Å²) in [5.74, 6) is 0. The molecule has 0 aromatic carbocycles. The van der Waals surface area contributed by atoms with Crippen LogP contribution in [0.4, 0.5) is 0 Å². The maximum absolute atomic E-state index is 3.41. The van der Waals surface area contributed by atoms with Crippen molar-refractivity contribution < 1.29 is 0 Å². The Balaban J connectivity index is 1.96. The van der Waals surface area contributed by atoms with Gasteiger partial charge in [0.05, 0.1) is 0 Å². The van der Waals surface area contributed by atoms with E-state index in [1.807, 2.05) is 0 Å². The van der Waals surface area contributed by atoms with Gasteiger partial charge in [-0.1, -0.05) is 19.8 Å². The van der Waals surface area contributed by atoms with Gasteiger partial charge in [-0.3, -0.25) is 5.43 Å². The van der Waals surface area contributed by atoms with E-state index in [0.29, 0.717) is 0 Å². The first-order valence-corrected chi connectivity index (χ1v) is 4.92. The Kier molecular flexibility index (Phi) is 4.55. The lowest BCUT2D eigenvalue weighted by atomic mass is 10.2. The lowest BCUT2D eigenvalue weighted by Gasteiger charge is -2.27. The molecule has 0 aromatic rings.